The highest BCUT2D eigenvalue weighted by Crippen LogP contribution is 2.31. The highest BCUT2D eigenvalue weighted by atomic mass is 16.6. The zero-order valence-electron chi connectivity index (χ0n) is 12.4. The molecule has 0 amide bonds. The van der Waals surface area contributed by atoms with E-state index in [-0.39, 0.29) is 5.69 Å². The maximum atomic E-state index is 10.8. The normalized spacial score (nSPS) is 10.6. The van der Waals surface area contributed by atoms with E-state index in [9.17, 15) is 10.1 Å². The van der Waals surface area contributed by atoms with E-state index in [2.05, 4.69) is 29.4 Å². The van der Waals surface area contributed by atoms with Gasteiger partial charge in [-0.25, -0.2) is 0 Å². The quantitative estimate of drug-likeness (QED) is 0.542. The molecule has 0 aliphatic rings. The molecule has 0 N–H and O–H groups in total. The largest absolute Gasteiger partial charge is 0.275 e. The van der Waals surface area contributed by atoms with Crippen LogP contribution in [-0.2, 0) is 7.05 Å². The summed E-state index contributed by atoms with van der Waals surface area (Å²) in [6.07, 6.45) is 1.96. The second-order valence-corrected chi connectivity index (χ2v) is 5.24. The molecule has 0 bridgehead atoms. The lowest BCUT2D eigenvalue weighted by Gasteiger charge is -2.03. The number of nitro benzene ring substituents is 1. The minimum atomic E-state index is -0.400. The third kappa shape index (κ3) is 2.61. The lowest BCUT2D eigenvalue weighted by molar-refractivity contribution is -0.384. The molecular formula is C17H15N3O2. The molecule has 0 aliphatic carbocycles. The minimum Gasteiger partial charge on any atom is -0.275 e. The molecule has 2 aromatic carbocycles. The molecule has 0 saturated carbocycles. The summed E-state index contributed by atoms with van der Waals surface area (Å²) in [4.78, 5) is 10.4. The van der Waals surface area contributed by atoms with Crippen LogP contribution in [0.5, 0.6) is 0 Å². The van der Waals surface area contributed by atoms with E-state index in [1.54, 1.807) is 16.8 Å². The Morgan fingerprint density at radius 3 is 2.18 bits per heavy atom. The van der Waals surface area contributed by atoms with Crippen LogP contribution in [-0.4, -0.2) is 14.7 Å². The van der Waals surface area contributed by atoms with Gasteiger partial charge in [-0.2, -0.15) is 5.10 Å². The monoisotopic (exact) mass is 293 g/mol. The summed E-state index contributed by atoms with van der Waals surface area (Å²) >= 11 is 0. The van der Waals surface area contributed by atoms with Crippen LogP contribution in [0.1, 0.15) is 5.56 Å². The van der Waals surface area contributed by atoms with Crippen molar-refractivity contribution in [3.63, 3.8) is 0 Å². The predicted octanol–water partition coefficient (Wildman–Crippen LogP) is 3.97. The molecule has 22 heavy (non-hydrogen) atoms. The number of non-ortho nitro benzene ring substituents is 1. The molecule has 3 aromatic rings. The van der Waals surface area contributed by atoms with Crippen LogP contribution < -0.4 is 0 Å². The summed E-state index contributed by atoms with van der Waals surface area (Å²) in [5.74, 6) is 0. The van der Waals surface area contributed by atoms with Crippen LogP contribution in [0, 0.1) is 17.0 Å². The predicted molar refractivity (Wildman–Crippen MR) is 85.5 cm³/mol. The van der Waals surface area contributed by atoms with Crippen molar-refractivity contribution in [3.05, 3.63) is 70.4 Å². The smallest absolute Gasteiger partial charge is 0.269 e. The molecule has 5 nitrogen and oxygen atoms in total. The van der Waals surface area contributed by atoms with E-state index >= 15 is 0 Å². The maximum absolute atomic E-state index is 10.8. The van der Waals surface area contributed by atoms with Gasteiger partial charge < -0.3 is 0 Å². The molecule has 110 valence electrons. The zero-order valence-corrected chi connectivity index (χ0v) is 12.4. The van der Waals surface area contributed by atoms with Gasteiger partial charge in [-0.05, 0) is 24.6 Å². The van der Waals surface area contributed by atoms with Gasteiger partial charge in [-0.15, -0.1) is 0 Å². The number of hydrogen-bond acceptors (Lipinski definition) is 3. The average Bonchev–Trinajstić information content (AvgIpc) is 2.90. The number of rotatable bonds is 3. The second kappa shape index (κ2) is 5.44. The van der Waals surface area contributed by atoms with E-state index in [1.165, 1.54) is 17.7 Å². The molecule has 1 heterocycles. The van der Waals surface area contributed by atoms with Crippen LogP contribution >= 0.6 is 0 Å². The Labute approximate surface area is 128 Å². The Kier molecular flexibility index (Phi) is 3.47. The number of aromatic nitrogens is 2. The third-order valence-electron chi connectivity index (χ3n) is 3.54. The van der Waals surface area contributed by atoms with Gasteiger partial charge in [-0.3, -0.25) is 14.8 Å². The van der Waals surface area contributed by atoms with Crippen molar-refractivity contribution in [1.29, 1.82) is 0 Å². The van der Waals surface area contributed by atoms with E-state index in [4.69, 9.17) is 0 Å². The summed E-state index contributed by atoms with van der Waals surface area (Å²) in [7, 11) is 1.87. The average molecular weight is 293 g/mol. The number of benzene rings is 2. The fourth-order valence-corrected chi connectivity index (χ4v) is 2.39. The first-order chi connectivity index (χ1) is 10.5. The topological polar surface area (TPSA) is 61.0 Å². The van der Waals surface area contributed by atoms with Crippen LogP contribution in [0.3, 0.4) is 0 Å². The Morgan fingerprint density at radius 1 is 1.00 bits per heavy atom. The Hall–Kier alpha value is -2.95. The van der Waals surface area contributed by atoms with E-state index in [0.29, 0.717) is 0 Å². The molecule has 0 fully saturated rings. The van der Waals surface area contributed by atoms with Crippen LogP contribution in [0.2, 0.25) is 0 Å². The lowest BCUT2D eigenvalue weighted by atomic mass is 10.0. The first-order valence-electron chi connectivity index (χ1n) is 6.90. The fraction of sp³-hybridized carbons (Fsp3) is 0.118. The van der Waals surface area contributed by atoms with Gasteiger partial charge >= 0.3 is 0 Å². The van der Waals surface area contributed by atoms with Crippen LogP contribution in [0.25, 0.3) is 22.4 Å². The standard InChI is InChI=1S/C17H15N3O2/c1-12-3-5-13(6-4-12)16-11-19(2)18-17(16)14-7-9-15(10-8-14)20(21)22/h3-11H,1-2H3. The number of nitro groups is 1. The molecule has 5 heteroatoms. The Morgan fingerprint density at radius 2 is 1.59 bits per heavy atom. The van der Waals surface area contributed by atoms with Crippen molar-refractivity contribution < 1.29 is 4.92 Å². The summed E-state index contributed by atoms with van der Waals surface area (Å²) in [6.45, 7) is 2.05. The lowest BCUT2D eigenvalue weighted by Crippen LogP contribution is -1.90. The van der Waals surface area contributed by atoms with Crippen molar-refractivity contribution in [2.24, 2.45) is 7.05 Å². The molecule has 0 unspecified atom stereocenters. The summed E-state index contributed by atoms with van der Waals surface area (Å²) in [5, 5.41) is 15.3. The van der Waals surface area contributed by atoms with Crippen molar-refractivity contribution in [1.82, 2.24) is 9.78 Å². The highest BCUT2D eigenvalue weighted by Gasteiger charge is 2.13. The van der Waals surface area contributed by atoms with Crippen molar-refractivity contribution in [2.75, 3.05) is 0 Å². The first-order valence-corrected chi connectivity index (χ1v) is 6.90. The van der Waals surface area contributed by atoms with Crippen molar-refractivity contribution in [3.8, 4) is 22.4 Å². The Bertz CT molecular complexity index is 818. The van der Waals surface area contributed by atoms with Gasteiger partial charge in [0.05, 0.1) is 4.92 Å². The van der Waals surface area contributed by atoms with Gasteiger partial charge in [0.2, 0.25) is 0 Å². The molecular weight excluding hydrogens is 278 g/mol. The van der Waals surface area contributed by atoms with Gasteiger partial charge in [0, 0.05) is 36.5 Å². The molecule has 0 atom stereocenters. The number of hydrogen-bond donors (Lipinski definition) is 0. The highest BCUT2D eigenvalue weighted by molar-refractivity contribution is 5.80. The number of nitrogens with zero attached hydrogens (tertiary/aromatic N) is 3. The van der Waals surface area contributed by atoms with Crippen molar-refractivity contribution in [2.45, 2.75) is 6.92 Å². The molecule has 3 rings (SSSR count). The minimum absolute atomic E-state index is 0.0802. The number of aryl methyl sites for hydroxylation is 2. The van der Waals surface area contributed by atoms with E-state index in [0.717, 1.165) is 22.4 Å². The molecule has 1 aromatic heterocycles. The molecule has 0 saturated heterocycles. The SMILES string of the molecule is Cc1ccc(-c2cn(C)nc2-c2ccc([N+](=O)[O-])cc2)cc1. The van der Waals surface area contributed by atoms with Gasteiger partial charge in [-0.1, -0.05) is 29.8 Å². The van der Waals surface area contributed by atoms with Crippen LogP contribution in [0.15, 0.2) is 54.7 Å². The van der Waals surface area contributed by atoms with Gasteiger partial charge in [0.15, 0.2) is 0 Å². The van der Waals surface area contributed by atoms with Gasteiger partial charge in [0.1, 0.15) is 5.69 Å². The zero-order chi connectivity index (χ0) is 15.7. The first kappa shape index (κ1) is 14.0. The molecule has 0 spiro atoms. The third-order valence-corrected chi connectivity index (χ3v) is 3.54. The second-order valence-electron chi connectivity index (χ2n) is 5.24. The maximum Gasteiger partial charge on any atom is 0.269 e. The van der Waals surface area contributed by atoms with Gasteiger partial charge in [0.25, 0.3) is 5.69 Å². The van der Waals surface area contributed by atoms with Crippen molar-refractivity contribution >= 4 is 5.69 Å². The van der Waals surface area contributed by atoms with E-state index in [1.807, 2.05) is 20.2 Å². The van der Waals surface area contributed by atoms with Crippen LogP contribution in [0.4, 0.5) is 5.69 Å². The molecule has 0 radical (unpaired) electrons. The summed E-state index contributed by atoms with van der Waals surface area (Å²) in [5.41, 5.74) is 5.05. The summed E-state index contributed by atoms with van der Waals surface area (Å²) in [6, 6.07) is 14.7. The Balaban J connectivity index is 2.07. The molecule has 0 aliphatic heterocycles. The van der Waals surface area contributed by atoms with E-state index < -0.39 is 4.92 Å². The summed E-state index contributed by atoms with van der Waals surface area (Å²) < 4.78 is 1.76. The fourth-order valence-electron chi connectivity index (χ4n) is 2.39.